The second kappa shape index (κ2) is 10.7. The van der Waals surface area contributed by atoms with Crippen molar-refractivity contribution in [3.63, 3.8) is 0 Å². The molecule has 0 aromatic carbocycles. The zero-order valence-electron chi connectivity index (χ0n) is 18.9. The molecule has 0 spiro atoms. The molecule has 2 aromatic rings. The van der Waals surface area contributed by atoms with Crippen LogP contribution in [0.1, 0.15) is 41.5 Å². The quantitative estimate of drug-likeness (QED) is 0.552. The van der Waals surface area contributed by atoms with Crippen molar-refractivity contribution in [1.29, 1.82) is 0 Å². The van der Waals surface area contributed by atoms with Gasteiger partial charge in [0.1, 0.15) is 17.8 Å². The number of carbonyl (C=O) groups excluding carboxylic acids is 2. The van der Waals surface area contributed by atoms with Gasteiger partial charge in [-0.25, -0.2) is 9.97 Å². The lowest BCUT2D eigenvalue weighted by atomic mass is 10.0. The Balaban J connectivity index is 1.23. The van der Waals surface area contributed by atoms with Gasteiger partial charge in [0.15, 0.2) is 0 Å². The molecular weight excluding hydrogens is 422 g/mol. The first kappa shape index (κ1) is 23.1. The summed E-state index contributed by atoms with van der Waals surface area (Å²) >= 11 is 0. The molecular formula is C23H31N7O3. The standard InChI is InChI=1S/C23H31N7O3/c1-16(31)30-9-5-18(6-10-30)28-22-11-20(26-15-27-22)23(33)25-12-19(32)13-29-8-4-17-3-2-7-24-21(17)14-29/h2-3,7,11,15,18-19,32H,4-6,8-10,12-14H2,1H3,(H,25,33)(H,26,27,28). The van der Waals surface area contributed by atoms with Gasteiger partial charge >= 0.3 is 0 Å². The maximum atomic E-state index is 12.6. The van der Waals surface area contributed by atoms with Crippen molar-refractivity contribution in [2.24, 2.45) is 0 Å². The molecule has 4 rings (SSSR count). The van der Waals surface area contributed by atoms with Gasteiger partial charge in [-0.15, -0.1) is 0 Å². The van der Waals surface area contributed by atoms with Crippen molar-refractivity contribution in [1.82, 2.24) is 30.1 Å². The third-order valence-electron chi connectivity index (χ3n) is 6.21. The van der Waals surface area contributed by atoms with Gasteiger partial charge < -0.3 is 20.6 Å². The predicted octanol–water partition coefficient (Wildman–Crippen LogP) is 0.443. The van der Waals surface area contributed by atoms with Crippen LogP contribution in [0, 0.1) is 0 Å². The number of aromatic nitrogens is 3. The van der Waals surface area contributed by atoms with Crippen LogP contribution in [0.5, 0.6) is 0 Å². The molecule has 2 aliphatic rings. The van der Waals surface area contributed by atoms with E-state index in [-0.39, 0.29) is 30.1 Å². The number of hydrogen-bond donors (Lipinski definition) is 3. The Morgan fingerprint density at radius 3 is 2.82 bits per heavy atom. The van der Waals surface area contributed by atoms with Crippen molar-refractivity contribution in [3.05, 3.63) is 47.7 Å². The monoisotopic (exact) mass is 453 g/mol. The van der Waals surface area contributed by atoms with E-state index in [0.29, 0.717) is 32.0 Å². The fraction of sp³-hybridized carbons (Fsp3) is 0.522. The number of nitrogens with one attached hydrogen (secondary N) is 2. The van der Waals surface area contributed by atoms with Crippen molar-refractivity contribution >= 4 is 17.6 Å². The number of aliphatic hydroxyl groups excluding tert-OH is 1. The molecule has 0 aliphatic carbocycles. The molecule has 1 saturated heterocycles. The second-order valence-corrected chi connectivity index (χ2v) is 8.67. The molecule has 1 fully saturated rings. The number of β-amino-alcohol motifs (C(OH)–C–C–N with tert-alkyl or cyclic N) is 1. The summed E-state index contributed by atoms with van der Waals surface area (Å²) in [7, 11) is 0. The molecule has 3 N–H and O–H groups in total. The van der Waals surface area contributed by atoms with Crippen LogP contribution < -0.4 is 10.6 Å². The fourth-order valence-corrected chi connectivity index (χ4v) is 4.34. The van der Waals surface area contributed by atoms with E-state index in [4.69, 9.17) is 0 Å². The lowest BCUT2D eigenvalue weighted by Crippen LogP contribution is -2.42. The number of carbonyl (C=O) groups is 2. The summed E-state index contributed by atoms with van der Waals surface area (Å²) < 4.78 is 0. The van der Waals surface area contributed by atoms with E-state index in [1.807, 2.05) is 11.0 Å². The minimum absolute atomic E-state index is 0.0957. The minimum Gasteiger partial charge on any atom is -0.390 e. The lowest BCUT2D eigenvalue weighted by Gasteiger charge is -2.31. The molecule has 0 radical (unpaired) electrons. The van der Waals surface area contributed by atoms with Crippen molar-refractivity contribution in [3.8, 4) is 0 Å². The average Bonchev–Trinajstić information content (AvgIpc) is 2.83. The molecule has 176 valence electrons. The second-order valence-electron chi connectivity index (χ2n) is 8.67. The van der Waals surface area contributed by atoms with Gasteiger partial charge in [0.2, 0.25) is 5.91 Å². The minimum atomic E-state index is -0.690. The van der Waals surface area contributed by atoms with Crippen LogP contribution >= 0.6 is 0 Å². The lowest BCUT2D eigenvalue weighted by molar-refractivity contribution is -0.129. The van der Waals surface area contributed by atoms with Crippen LogP contribution in [-0.4, -0.2) is 86.5 Å². The van der Waals surface area contributed by atoms with Gasteiger partial charge in [-0.1, -0.05) is 6.07 Å². The summed E-state index contributed by atoms with van der Waals surface area (Å²) in [5.74, 6) is 0.325. The molecule has 10 nitrogen and oxygen atoms in total. The topological polar surface area (TPSA) is 124 Å². The van der Waals surface area contributed by atoms with Gasteiger partial charge in [0.25, 0.3) is 5.91 Å². The normalized spacial score (nSPS) is 17.8. The zero-order chi connectivity index (χ0) is 23.2. The summed E-state index contributed by atoms with van der Waals surface area (Å²) in [6.45, 7) is 5.17. The first-order valence-electron chi connectivity index (χ1n) is 11.4. The maximum Gasteiger partial charge on any atom is 0.270 e. The first-order chi connectivity index (χ1) is 16.0. The number of piperidine rings is 1. The fourth-order valence-electron chi connectivity index (χ4n) is 4.34. The van der Waals surface area contributed by atoms with E-state index >= 15 is 0 Å². The highest BCUT2D eigenvalue weighted by atomic mass is 16.3. The predicted molar refractivity (Wildman–Crippen MR) is 122 cm³/mol. The summed E-state index contributed by atoms with van der Waals surface area (Å²) in [6.07, 6.45) is 5.02. The average molecular weight is 454 g/mol. The van der Waals surface area contributed by atoms with E-state index in [1.54, 1.807) is 19.2 Å². The third-order valence-corrected chi connectivity index (χ3v) is 6.21. The molecule has 0 bridgehead atoms. The number of nitrogens with zero attached hydrogens (tertiary/aromatic N) is 5. The van der Waals surface area contributed by atoms with Crippen LogP contribution in [-0.2, 0) is 17.8 Å². The van der Waals surface area contributed by atoms with E-state index in [0.717, 1.165) is 31.5 Å². The van der Waals surface area contributed by atoms with E-state index in [9.17, 15) is 14.7 Å². The molecule has 2 aromatic heterocycles. The molecule has 2 amide bonds. The maximum absolute atomic E-state index is 12.6. The van der Waals surface area contributed by atoms with Crippen LogP contribution in [0.4, 0.5) is 5.82 Å². The molecule has 33 heavy (non-hydrogen) atoms. The molecule has 10 heteroatoms. The summed E-state index contributed by atoms with van der Waals surface area (Å²) in [5.41, 5.74) is 2.55. The smallest absolute Gasteiger partial charge is 0.270 e. The van der Waals surface area contributed by atoms with E-state index in [1.165, 1.54) is 11.9 Å². The largest absolute Gasteiger partial charge is 0.390 e. The molecule has 1 atom stereocenters. The Kier molecular flexibility index (Phi) is 7.46. The summed E-state index contributed by atoms with van der Waals surface area (Å²) in [4.78, 5) is 40.7. The molecule has 2 aliphatic heterocycles. The molecule has 0 saturated carbocycles. The zero-order valence-corrected chi connectivity index (χ0v) is 18.9. The van der Waals surface area contributed by atoms with Gasteiger partial charge in [-0.2, -0.15) is 0 Å². The van der Waals surface area contributed by atoms with Crippen LogP contribution in [0.15, 0.2) is 30.7 Å². The Morgan fingerprint density at radius 1 is 1.21 bits per heavy atom. The van der Waals surface area contributed by atoms with Crippen molar-refractivity contribution in [2.45, 2.75) is 44.9 Å². The Bertz CT molecular complexity index is 978. The molecule has 1 unspecified atom stereocenters. The first-order valence-corrected chi connectivity index (χ1v) is 11.4. The Morgan fingerprint density at radius 2 is 2.03 bits per heavy atom. The number of rotatable bonds is 7. The Hall–Kier alpha value is -3.11. The highest BCUT2D eigenvalue weighted by Crippen LogP contribution is 2.17. The van der Waals surface area contributed by atoms with Gasteiger partial charge in [0.05, 0.1) is 11.8 Å². The van der Waals surface area contributed by atoms with Gasteiger partial charge in [-0.3, -0.25) is 19.5 Å². The molecule has 4 heterocycles. The van der Waals surface area contributed by atoms with Crippen LogP contribution in [0.3, 0.4) is 0 Å². The number of hydrogen-bond acceptors (Lipinski definition) is 8. The number of aliphatic hydroxyl groups is 1. The van der Waals surface area contributed by atoms with Crippen molar-refractivity contribution in [2.75, 3.05) is 38.0 Å². The number of likely N-dealkylation sites (tertiary alicyclic amines) is 1. The number of pyridine rings is 1. The van der Waals surface area contributed by atoms with Gasteiger partial charge in [0, 0.05) is 64.5 Å². The highest BCUT2D eigenvalue weighted by molar-refractivity contribution is 5.92. The third kappa shape index (κ3) is 6.23. The van der Waals surface area contributed by atoms with Crippen LogP contribution in [0.25, 0.3) is 0 Å². The SMILES string of the molecule is CC(=O)N1CCC(Nc2cc(C(=O)NCC(O)CN3CCc4cccnc4C3)ncn2)CC1. The van der Waals surface area contributed by atoms with Crippen LogP contribution in [0.2, 0.25) is 0 Å². The van der Waals surface area contributed by atoms with E-state index in [2.05, 4.69) is 36.6 Å². The van der Waals surface area contributed by atoms with Crippen molar-refractivity contribution < 1.29 is 14.7 Å². The number of anilines is 1. The number of fused-ring (bicyclic) bond motifs is 1. The summed E-state index contributed by atoms with van der Waals surface area (Å²) in [6, 6.07) is 5.85. The number of amides is 2. The van der Waals surface area contributed by atoms with E-state index < -0.39 is 6.10 Å². The van der Waals surface area contributed by atoms with Gasteiger partial charge in [-0.05, 0) is 30.9 Å². The summed E-state index contributed by atoms with van der Waals surface area (Å²) in [5, 5.41) is 16.5. The Labute approximate surface area is 193 Å². The highest BCUT2D eigenvalue weighted by Gasteiger charge is 2.22.